The summed E-state index contributed by atoms with van der Waals surface area (Å²) in [6.45, 7) is 5.46. The van der Waals surface area contributed by atoms with Gasteiger partial charge in [-0.15, -0.1) is 0 Å². The Balaban J connectivity index is 1.86. The number of benzene rings is 1. The van der Waals surface area contributed by atoms with Crippen molar-refractivity contribution in [2.24, 2.45) is 5.41 Å². The van der Waals surface area contributed by atoms with Gasteiger partial charge in [0.05, 0.1) is 15.5 Å². The van der Waals surface area contributed by atoms with Crippen molar-refractivity contribution >= 4 is 37.6 Å². The number of hydrogen-bond donors (Lipinski definition) is 0. The second-order valence-electron chi connectivity index (χ2n) is 6.28. The van der Waals surface area contributed by atoms with Crippen LogP contribution in [0.2, 0.25) is 0 Å². The smallest absolute Gasteiger partial charge is 0.177 e. The highest BCUT2D eigenvalue weighted by atomic mass is 79.9. The topological polar surface area (TPSA) is 29.5 Å². The second-order valence-corrected chi connectivity index (χ2v) is 8.05. The monoisotopic (exact) mass is 415 g/mol. The Kier molecular flexibility index (Phi) is 4.44. The molecule has 1 atom stereocenters. The molecule has 0 aromatic heterocycles. The van der Waals surface area contributed by atoms with E-state index in [-0.39, 0.29) is 5.78 Å². The summed E-state index contributed by atoms with van der Waals surface area (Å²) in [5, 5.41) is 0. The summed E-state index contributed by atoms with van der Waals surface area (Å²) in [6, 6.07) is 3.79. The van der Waals surface area contributed by atoms with Crippen LogP contribution in [0.3, 0.4) is 0 Å². The van der Waals surface area contributed by atoms with Crippen LogP contribution in [0, 0.1) is 5.41 Å². The molecule has 1 aromatic rings. The van der Waals surface area contributed by atoms with Crippen molar-refractivity contribution in [3.63, 3.8) is 0 Å². The summed E-state index contributed by atoms with van der Waals surface area (Å²) in [4.78, 5) is 15.4. The van der Waals surface area contributed by atoms with Gasteiger partial charge in [-0.05, 0) is 60.9 Å². The number of halogens is 2. The first-order chi connectivity index (χ1) is 9.99. The highest BCUT2D eigenvalue weighted by Crippen LogP contribution is 2.41. The Morgan fingerprint density at radius 1 is 1.24 bits per heavy atom. The number of hydrogen-bond acceptors (Lipinski definition) is 3. The number of piperidine rings is 1. The number of fused-ring (bicyclic) bond motifs is 1. The minimum absolute atomic E-state index is 0.191. The number of likely N-dealkylation sites (tertiary alicyclic amines) is 1. The van der Waals surface area contributed by atoms with E-state index in [1.807, 2.05) is 19.1 Å². The molecule has 0 radical (unpaired) electrons. The van der Waals surface area contributed by atoms with Gasteiger partial charge < -0.3 is 9.64 Å². The number of rotatable bonds is 2. The van der Waals surface area contributed by atoms with E-state index in [9.17, 15) is 4.79 Å². The molecule has 0 bridgehead atoms. The van der Waals surface area contributed by atoms with Crippen LogP contribution < -0.4 is 4.74 Å². The third-order valence-electron chi connectivity index (χ3n) is 4.36. The maximum absolute atomic E-state index is 13.0. The number of carbonyl (C=O) groups excluding carboxylic acids is 1. The van der Waals surface area contributed by atoms with Crippen molar-refractivity contribution in [3.05, 3.63) is 26.6 Å². The zero-order valence-electron chi connectivity index (χ0n) is 12.1. The average molecular weight is 417 g/mol. The molecule has 1 saturated heterocycles. The molecular weight excluding hydrogens is 398 g/mol. The van der Waals surface area contributed by atoms with Crippen molar-refractivity contribution in [1.82, 2.24) is 4.90 Å². The van der Waals surface area contributed by atoms with E-state index in [0.717, 1.165) is 28.6 Å². The molecule has 0 unspecified atom stereocenters. The van der Waals surface area contributed by atoms with Crippen LogP contribution in [0.1, 0.15) is 36.5 Å². The van der Waals surface area contributed by atoms with Crippen molar-refractivity contribution in [3.8, 4) is 5.75 Å². The van der Waals surface area contributed by atoms with Gasteiger partial charge >= 0.3 is 0 Å². The molecule has 1 fully saturated rings. The summed E-state index contributed by atoms with van der Waals surface area (Å²) >= 11 is 6.94. The van der Waals surface area contributed by atoms with Crippen molar-refractivity contribution in [2.75, 3.05) is 26.2 Å². The van der Waals surface area contributed by atoms with Crippen LogP contribution in [-0.2, 0) is 0 Å². The zero-order valence-corrected chi connectivity index (χ0v) is 15.3. The Morgan fingerprint density at radius 3 is 2.67 bits per heavy atom. The van der Waals surface area contributed by atoms with E-state index < -0.39 is 5.41 Å². The predicted molar refractivity (Wildman–Crippen MR) is 90.1 cm³/mol. The molecule has 3 nitrogen and oxygen atoms in total. The number of ether oxygens (including phenoxy) is 1. The summed E-state index contributed by atoms with van der Waals surface area (Å²) in [6.07, 6.45) is 3.78. The van der Waals surface area contributed by atoms with Crippen LogP contribution in [0.15, 0.2) is 21.1 Å². The number of Topliss-reactive ketones (excluding diaryl/α,β-unsaturated/α-hetero) is 1. The van der Waals surface area contributed by atoms with E-state index in [1.165, 1.54) is 19.3 Å². The molecular formula is C16H19Br2NO2. The quantitative estimate of drug-likeness (QED) is 0.720. The Hall–Kier alpha value is -0.390. The summed E-state index contributed by atoms with van der Waals surface area (Å²) in [7, 11) is 0. The third-order valence-corrected chi connectivity index (χ3v) is 5.40. The SMILES string of the molecule is C[C@@]1(CN2CCCCC2)COc2c(Br)cc(Br)cc2C1=O. The van der Waals surface area contributed by atoms with E-state index >= 15 is 0 Å². The summed E-state index contributed by atoms with van der Waals surface area (Å²) < 4.78 is 7.65. The van der Waals surface area contributed by atoms with Crippen LogP contribution in [0.4, 0.5) is 0 Å². The van der Waals surface area contributed by atoms with Gasteiger partial charge in [0.25, 0.3) is 0 Å². The fourth-order valence-corrected chi connectivity index (χ4v) is 4.57. The van der Waals surface area contributed by atoms with Crippen molar-refractivity contribution in [2.45, 2.75) is 26.2 Å². The zero-order chi connectivity index (χ0) is 15.0. The van der Waals surface area contributed by atoms with Gasteiger partial charge in [0.15, 0.2) is 5.78 Å². The number of nitrogens with zero attached hydrogens (tertiary/aromatic N) is 1. The first-order valence-corrected chi connectivity index (χ1v) is 8.97. The molecule has 21 heavy (non-hydrogen) atoms. The molecule has 3 rings (SSSR count). The normalized spacial score (nSPS) is 26.3. The highest BCUT2D eigenvalue weighted by molar-refractivity contribution is 9.11. The molecule has 2 aliphatic heterocycles. The molecule has 5 heteroatoms. The van der Waals surface area contributed by atoms with Crippen molar-refractivity contribution < 1.29 is 9.53 Å². The van der Waals surface area contributed by atoms with E-state index in [4.69, 9.17) is 4.74 Å². The maximum Gasteiger partial charge on any atom is 0.177 e. The minimum atomic E-state index is -0.454. The Morgan fingerprint density at radius 2 is 1.95 bits per heavy atom. The lowest BCUT2D eigenvalue weighted by atomic mass is 9.80. The number of carbonyl (C=O) groups is 1. The molecule has 2 heterocycles. The fraction of sp³-hybridized carbons (Fsp3) is 0.562. The molecule has 0 amide bonds. The summed E-state index contributed by atoms with van der Waals surface area (Å²) in [5.74, 6) is 0.871. The highest BCUT2D eigenvalue weighted by Gasteiger charge is 2.42. The maximum atomic E-state index is 13.0. The van der Waals surface area contributed by atoms with Gasteiger partial charge in [-0.2, -0.15) is 0 Å². The molecule has 114 valence electrons. The molecule has 0 spiro atoms. The van der Waals surface area contributed by atoms with Gasteiger partial charge in [-0.25, -0.2) is 0 Å². The molecule has 0 aliphatic carbocycles. The van der Waals surface area contributed by atoms with E-state index in [2.05, 4.69) is 36.8 Å². The molecule has 1 aromatic carbocycles. The van der Waals surface area contributed by atoms with Gasteiger partial charge in [0.1, 0.15) is 12.4 Å². The minimum Gasteiger partial charge on any atom is -0.491 e. The van der Waals surface area contributed by atoms with Crippen LogP contribution >= 0.6 is 31.9 Å². The first kappa shape index (κ1) is 15.5. The Labute approximate surface area is 142 Å². The second kappa shape index (κ2) is 6.01. The summed E-state index contributed by atoms with van der Waals surface area (Å²) in [5.41, 5.74) is 0.229. The lowest BCUT2D eigenvalue weighted by molar-refractivity contribution is 0.0493. The molecule has 0 saturated carbocycles. The van der Waals surface area contributed by atoms with Gasteiger partial charge in [0, 0.05) is 11.0 Å². The average Bonchev–Trinajstić information content (AvgIpc) is 2.44. The standard InChI is InChI=1S/C16H19Br2NO2/c1-16(9-19-5-3-2-4-6-19)10-21-14-12(15(16)20)7-11(17)8-13(14)18/h7-8H,2-6,9-10H2,1H3/t16-/m1/s1. The molecule has 2 aliphatic rings. The third kappa shape index (κ3) is 3.06. The Bertz CT molecular complexity index is 570. The van der Waals surface area contributed by atoms with E-state index in [1.54, 1.807) is 0 Å². The largest absolute Gasteiger partial charge is 0.491 e. The first-order valence-electron chi connectivity index (χ1n) is 7.39. The van der Waals surface area contributed by atoms with Crippen LogP contribution in [0.5, 0.6) is 5.75 Å². The van der Waals surface area contributed by atoms with Gasteiger partial charge in [0.2, 0.25) is 0 Å². The van der Waals surface area contributed by atoms with Crippen molar-refractivity contribution in [1.29, 1.82) is 0 Å². The van der Waals surface area contributed by atoms with Gasteiger partial charge in [-0.1, -0.05) is 22.4 Å². The van der Waals surface area contributed by atoms with Crippen LogP contribution in [0.25, 0.3) is 0 Å². The van der Waals surface area contributed by atoms with E-state index in [0.29, 0.717) is 17.9 Å². The van der Waals surface area contributed by atoms with Gasteiger partial charge in [-0.3, -0.25) is 4.79 Å². The predicted octanol–water partition coefficient (Wildman–Crippen LogP) is 4.28. The van der Waals surface area contributed by atoms with Crippen LogP contribution in [-0.4, -0.2) is 36.9 Å². The number of ketones is 1. The molecule has 0 N–H and O–H groups in total. The fourth-order valence-electron chi connectivity index (χ4n) is 3.23. The lowest BCUT2D eigenvalue weighted by Crippen LogP contribution is -2.48. The lowest BCUT2D eigenvalue weighted by Gasteiger charge is -2.39.